The van der Waals surface area contributed by atoms with Gasteiger partial charge in [0.05, 0.1) is 7.11 Å². The van der Waals surface area contributed by atoms with E-state index in [1.165, 1.54) is 0 Å². The molecule has 5 nitrogen and oxygen atoms in total. The van der Waals surface area contributed by atoms with Gasteiger partial charge in [-0.25, -0.2) is 0 Å². The Labute approximate surface area is 107 Å². The minimum Gasteiger partial charge on any atom is -0.493 e. The van der Waals surface area contributed by atoms with E-state index in [0.29, 0.717) is 5.75 Å². The van der Waals surface area contributed by atoms with Crippen LogP contribution in [0, 0.1) is 0 Å². The molecule has 0 spiro atoms. The second-order valence-corrected chi connectivity index (χ2v) is 4.05. The second-order valence-electron chi connectivity index (χ2n) is 4.05. The fourth-order valence-electron chi connectivity index (χ4n) is 1.86. The van der Waals surface area contributed by atoms with Crippen molar-refractivity contribution < 1.29 is 18.9 Å². The van der Waals surface area contributed by atoms with E-state index in [2.05, 4.69) is 5.32 Å². The lowest BCUT2D eigenvalue weighted by Crippen LogP contribution is -2.16. The third-order valence-electron chi connectivity index (χ3n) is 2.75. The zero-order valence-corrected chi connectivity index (χ0v) is 10.8. The number of methoxy groups -OCH3 is 2. The summed E-state index contributed by atoms with van der Waals surface area (Å²) in [5.74, 6) is 2.17. The van der Waals surface area contributed by atoms with Crippen molar-refractivity contribution in [1.29, 1.82) is 0 Å². The van der Waals surface area contributed by atoms with Crippen molar-refractivity contribution in [3.63, 3.8) is 0 Å². The van der Waals surface area contributed by atoms with Gasteiger partial charge in [0.25, 0.3) is 0 Å². The molecule has 0 radical (unpaired) electrons. The molecule has 1 aliphatic rings. The molecule has 0 amide bonds. The number of hydrogen-bond donors (Lipinski definition) is 1. The van der Waals surface area contributed by atoms with Crippen LogP contribution in [-0.4, -0.2) is 34.2 Å². The third-order valence-corrected chi connectivity index (χ3v) is 2.75. The molecule has 1 aromatic carbocycles. The Morgan fingerprint density at radius 3 is 2.94 bits per heavy atom. The largest absolute Gasteiger partial charge is 0.493 e. The van der Waals surface area contributed by atoms with Gasteiger partial charge in [-0.2, -0.15) is 0 Å². The summed E-state index contributed by atoms with van der Waals surface area (Å²) in [6.45, 7) is 2.73. The van der Waals surface area contributed by atoms with Gasteiger partial charge in [0.2, 0.25) is 12.5 Å². The molecular formula is C13H19NO4. The molecule has 0 bridgehead atoms. The summed E-state index contributed by atoms with van der Waals surface area (Å²) in [5.41, 5.74) is 1.12. The minimum absolute atomic E-state index is 0.260. The minimum atomic E-state index is 0.260. The summed E-state index contributed by atoms with van der Waals surface area (Å²) in [6.07, 6.45) is 0.998. The van der Waals surface area contributed by atoms with Crippen LogP contribution >= 0.6 is 0 Å². The first-order valence-corrected chi connectivity index (χ1v) is 6.01. The molecule has 0 saturated carbocycles. The van der Waals surface area contributed by atoms with Gasteiger partial charge in [-0.1, -0.05) is 0 Å². The Morgan fingerprint density at radius 1 is 1.28 bits per heavy atom. The maximum absolute atomic E-state index is 5.38. The number of benzene rings is 1. The number of hydrogen-bond acceptors (Lipinski definition) is 5. The summed E-state index contributed by atoms with van der Waals surface area (Å²) in [6, 6.07) is 3.95. The summed E-state index contributed by atoms with van der Waals surface area (Å²) in [4.78, 5) is 0. The highest BCUT2D eigenvalue weighted by Gasteiger charge is 2.19. The predicted octanol–water partition coefficient (Wildman–Crippen LogP) is 1.55. The SMILES string of the molecule is COCCCNCc1cc(OC)c2c(c1)OCO2. The molecule has 0 fully saturated rings. The summed E-state index contributed by atoms with van der Waals surface area (Å²) in [5, 5.41) is 3.35. The maximum Gasteiger partial charge on any atom is 0.231 e. The third kappa shape index (κ3) is 3.05. The Morgan fingerprint density at radius 2 is 2.17 bits per heavy atom. The highest BCUT2D eigenvalue weighted by atomic mass is 16.7. The van der Waals surface area contributed by atoms with Crippen LogP contribution < -0.4 is 19.5 Å². The van der Waals surface area contributed by atoms with Crippen molar-refractivity contribution >= 4 is 0 Å². The van der Waals surface area contributed by atoms with Crippen molar-refractivity contribution in [3.8, 4) is 17.2 Å². The van der Waals surface area contributed by atoms with Gasteiger partial charge in [0.15, 0.2) is 11.5 Å². The van der Waals surface area contributed by atoms with Crippen LogP contribution in [0.3, 0.4) is 0 Å². The van der Waals surface area contributed by atoms with Crippen molar-refractivity contribution in [3.05, 3.63) is 17.7 Å². The first kappa shape index (κ1) is 13.0. The van der Waals surface area contributed by atoms with Crippen molar-refractivity contribution in [2.24, 2.45) is 0 Å². The van der Waals surface area contributed by atoms with Crippen LogP contribution in [0.4, 0.5) is 0 Å². The number of rotatable bonds is 7. The summed E-state index contributed by atoms with van der Waals surface area (Å²) in [7, 11) is 3.34. The Kier molecular flexibility index (Phi) is 4.66. The first-order valence-electron chi connectivity index (χ1n) is 6.01. The Bertz CT molecular complexity index is 395. The van der Waals surface area contributed by atoms with Gasteiger partial charge < -0.3 is 24.3 Å². The van der Waals surface area contributed by atoms with Gasteiger partial charge in [-0.05, 0) is 30.7 Å². The molecule has 100 valence electrons. The predicted molar refractivity (Wildman–Crippen MR) is 67.3 cm³/mol. The second kappa shape index (κ2) is 6.47. The van der Waals surface area contributed by atoms with E-state index in [1.54, 1.807) is 14.2 Å². The van der Waals surface area contributed by atoms with Crippen LogP contribution in [0.25, 0.3) is 0 Å². The summed E-state index contributed by atoms with van der Waals surface area (Å²) >= 11 is 0. The van der Waals surface area contributed by atoms with Crippen molar-refractivity contribution in [1.82, 2.24) is 5.32 Å². The summed E-state index contributed by atoms with van der Waals surface area (Å²) < 4.78 is 21.0. The van der Waals surface area contributed by atoms with E-state index >= 15 is 0 Å². The molecule has 1 aromatic rings. The number of fused-ring (bicyclic) bond motifs is 1. The van der Waals surface area contributed by atoms with E-state index in [0.717, 1.165) is 43.2 Å². The van der Waals surface area contributed by atoms with E-state index in [-0.39, 0.29) is 6.79 Å². The molecule has 18 heavy (non-hydrogen) atoms. The highest BCUT2D eigenvalue weighted by Crippen LogP contribution is 2.41. The van der Waals surface area contributed by atoms with Crippen molar-refractivity contribution in [2.75, 3.05) is 34.2 Å². The molecule has 0 saturated heterocycles. The topological polar surface area (TPSA) is 49.0 Å². The average molecular weight is 253 g/mol. The van der Waals surface area contributed by atoms with E-state index in [4.69, 9.17) is 18.9 Å². The molecule has 0 aromatic heterocycles. The Hall–Kier alpha value is -1.46. The lowest BCUT2D eigenvalue weighted by molar-refractivity contribution is 0.171. The molecule has 0 unspecified atom stereocenters. The monoisotopic (exact) mass is 253 g/mol. The van der Waals surface area contributed by atoms with E-state index in [1.807, 2.05) is 12.1 Å². The van der Waals surface area contributed by atoms with E-state index in [9.17, 15) is 0 Å². The smallest absolute Gasteiger partial charge is 0.231 e. The molecule has 0 atom stereocenters. The zero-order valence-electron chi connectivity index (χ0n) is 10.8. The molecule has 0 aliphatic carbocycles. The van der Waals surface area contributed by atoms with Gasteiger partial charge in [0.1, 0.15) is 0 Å². The average Bonchev–Trinajstić information content (AvgIpc) is 2.85. The van der Waals surface area contributed by atoms with Gasteiger partial charge in [-0.15, -0.1) is 0 Å². The number of nitrogens with one attached hydrogen (secondary N) is 1. The molecule has 1 aliphatic heterocycles. The molecule has 1 N–H and O–H groups in total. The van der Waals surface area contributed by atoms with Gasteiger partial charge >= 0.3 is 0 Å². The maximum atomic E-state index is 5.38. The molecule has 2 rings (SSSR count). The molecule has 5 heteroatoms. The zero-order chi connectivity index (χ0) is 12.8. The van der Waals surface area contributed by atoms with Crippen LogP contribution in [0.15, 0.2) is 12.1 Å². The fraction of sp³-hybridized carbons (Fsp3) is 0.538. The lowest BCUT2D eigenvalue weighted by Gasteiger charge is -2.09. The van der Waals surface area contributed by atoms with Crippen molar-refractivity contribution in [2.45, 2.75) is 13.0 Å². The van der Waals surface area contributed by atoms with Crippen LogP contribution in [0.5, 0.6) is 17.2 Å². The fourth-order valence-corrected chi connectivity index (χ4v) is 1.86. The lowest BCUT2D eigenvalue weighted by atomic mass is 10.2. The molecule has 1 heterocycles. The standard InChI is InChI=1S/C13H19NO4/c1-15-5-3-4-14-8-10-6-11(16-2)13-12(7-10)17-9-18-13/h6-7,14H,3-5,8-9H2,1-2H3. The highest BCUT2D eigenvalue weighted by molar-refractivity contribution is 5.55. The quantitative estimate of drug-likeness (QED) is 0.747. The van der Waals surface area contributed by atoms with Crippen LogP contribution in [0.1, 0.15) is 12.0 Å². The first-order chi connectivity index (χ1) is 8.85. The Balaban J connectivity index is 1.93. The molecular weight excluding hydrogens is 234 g/mol. The normalized spacial score (nSPS) is 12.8. The van der Waals surface area contributed by atoms with Gasteiger partial charge in [-0.3, -0.25) is 0 Å². The van der Waals surface area contributed by atoms with E-state index < -0.39 is 0 Å². The van der Waals surface area contributed by atoms with Gasteiger partial charge in [0, 0.05) is 20.3 Å². The number of ether oxygens (including phenoxy) is 4. The van der Waals surface area contributed by atoms with Crippen LogP contribution in [-0.2, 0) is 11.3 Å². The van der Waals surface area contributed by atoms with Crippen LogP contribution in [0.2, 0.25) is 0 Å².